The molecule has 1 saturated heterocycles. The second-order valence-corrected chi connectivity index (χ2v) is 14.6. The van der Waals surface area contributed by atoms with Gasteiger partial charge in [0.1, 0.15) is 0 Å². The maximum Gasteiger partial charge on any atom is 0.156 e. The number of hydrogen-bond donors (Lipinski definition) is 2. The summed E-state index contributed by atoms with van der Waals surface area (Å²) in [6.07, 6.45) is 2.32. The molecule has 1 fully saturated rings. The summed E-state index contributed by atoms with van der Waals surface area (Å²) in [5.41, 5.74) is -0.527. The first-order valence-electron chi connectivity index (χ1n) is 10.4. The van der Waals surface area contributed by atoms with Crippen molar-refractivity contribution in [1.82, 2.24) is 10.6 Å². The third-order valence-corrected chi connectivity index (χ3v) is 9.20. The van der Waals surface area contributed by atoms with E-state index in [-0.39, 0.29) is 44.1 Å². The Hall–Kier alpha value is -0.0400. The summed E-state index contributed by atoms with van der Waals surface area (Å²) in [6.45, 7) is 21.6. The van der Waals surface area contributed by atoms with Crippen LogP contribution in [0, 0.1) is 5.41 Å². The van der Waals surface area contributed by atoms with E-state index in [4.69, 9.17) is 0 Å². The smallest absolute Gasteiger partial charge is 0.156 e. The van der Waals surface area contributed by atoms with Gasteiger partial charge in [-0.3, -0.25) is 9.59 Å². The molecular weight excluding hydrogens is 388 g/mol. The molecule has 1 aliphatic rings. The Balaban J connectivity index is 3.18. The number of hydrogen-bond acceptors (Lipinski definition) is 6. The van der Waals surface area contributed by atoms with Crippen LogP contribution in [0.4, 0.5) is 0 Å². The lowest BCUT2D eigenvalue weighted by Crippen LogP contribution is -2.57. The van der Waals surface area contributed by atoms with Crippen LogP contribution in [0.2, 0.25) is 0 Å². The van der Waals surface area contributed by atoms with Gasteiger partial charge in [-0.05, 0) is 67.9 Å². The van der Waals surface area contributed by atoms with Crippen LogP contribution in [-0.4, -0.2) is 45.2 Å². The molecule has 2 atom stereocenters. The Kier molecular flexibility index (Phi) is 8.73. The van der Waals surface area contributed by atoms with Crippen LogP contribution in [0.3, 0.4) is 0 Å². The molecule has 164 valence electrons. The van der Waals surface area contributed by atoms with Gasteiger partial charge < -0.3 is 10.6 Å². The molecule has 4 nitrogen and oxygen atoms in total. The normalized spacial score (nSPS) is 27.6. The van der Waals surface area contributed by atoms with Crippen LogP contribution in [0.25, 0.3) is 0 Å². The molecule has 2 N–H and O–H groups in total. The molecule has 1 rings (SSSR count). The maximum absolute atomic E-state index is 13.2. The Labute approximate surface area is 180 Å². The average molecular weight is 431 g/mol. The maximum atomic E-state index is 13.2. The van der Waals surface area contributed by atoms with E-state index < -0.39 is 0 Å². The van der Waals surface area contributed by atoms with Crippen LogP contribution >= 0.6 is 21.6 Å². The fourth-order valence-electron chi connectivity index (χ4n) is 3.29. The Morgan fingerprint density at radius 3 is 2.04 bits per heavy atom. The van der Waals surface area contributed by atoms with E-state index in [2.05, 4.69) is 59.1 Å². The number of Topliss-reactive ketones (excluding diaryl/α,β-unsaturated/α-hetero) is 2. The third-order valence-electron chi connectivity index (χ3n) is 4.96. The van der Waals surface area contributed by atoms with E-state index in [1.165, 1.54) is 0 Å². The average Bonchev–Trinajstić information content (AvgIpc) is 2.50. The van der Waals surface area contributed by atoms with Crippen LogP contribution in [0.5, 0.6) is 0 Å². The van der Waals surface area contributed by atoms with Gasteiger partial charge in [-0.1, -0.05) is 42.4 Å². The van der Waals surface area contributed by atoms with Crippen molar-refractivity contribution in [1.29, 1.82) is 0 Å². The molecule has 1 unspecified atom stereocenters. The number of carbonyl (C=O) groups excluding carboxylic acids is 2. The van der Waals surface area contributed by atoms with Gasteiger partial charge in [-0.15, -0.1) is 0 Å². The Bertz CT molecular complexity index is 546. The zero-order valence-corrected chi connectivity index (χ0v) is 21.2. The second-order valence-electron chi connectivity index (χ2n) is 11.1. The largest absolute Gasteiger partial charge is 0.306 e. The Morgan fingerprint density at radius 1 is 1.00 bits per heavy atom. The lowest BCUT2D eigenvalue weighted by molar-refractivity contribution is -0.129. The molecule has 0 spiro atoms. The van der Waals surface area contributed by atoms with Crippen molar-refractivity contribution in [2.75, 3.05) is 6.54 Å². The lowest BCUT2D eigenvalue weighted by atomic mass is 9.82. The highest BCUT2D eigenvalue weighted by molar-refractivity contribution is 8.77. The van der Waals surface area contributed by atoms with Gasteiger partial charge in [0.05, 0.1) is 12.1 Å². The molecule has 28 heavy (non-hydrogen) atoms. The third kappa shape index (κ3) is 7.66. The molecule has 6 heteroatoms. The first-order valence-corrected chi connectivity index (χ1v) is 12.6. The topological polar surface area (TPSA) is 58.2 Å². The van der Waals surface area contributed by atoms with E-state index in [1.807, 2.05) is 20.8 Å². The van der Waals surface area contributed by atoms with Gasteiger partial charge in [0.2, 0.25) is 0 Å². The van der Waals surface area contributed by atoms with Crippen LogP contribution in [-0.2, 0) is 9.59 Å². The van der Waals surface area contributed by atoms with E-state index in [1.54, 1.807) is 21.6 Å². The van der Waals surface area contributed by atoms with Gasteiger partial charge in [-0.2, -0.15) is 0 Å². The van der Waals surface area contributed by atoms with Crippen molar-refractivity contribution in [2.45, 2.75) is 116 Å². The molecule has 0 radical (unpaired) electrons. The fraction of sp³-hybridized carbons (Fsp3) is 0.909. The minimum absolute atomic E-state index is 0.137. The monoisotopic (exact) mass is 430 g/mol. The predicted molar refractivity (Wildman–Crippen MR) is 125 cm³/mol. The van der Waals surface area contributed by atoms with Gasteiger partial charge in [0.25, 0.3) is 0 Å². The molecule has 0 bridgehead atoms. The first kappa shape index (κ1) is 26.0. The lowest BCUT2D eigenvalue weighted by Gasteiger charge is -2.42. The van der Waals surface area contributed by atoms with Gasteiger partial charge in [0, 0.05) is 26.9 Å². The minimum atomic E-state index is -0.390. The van der Waals surface area contributed by atoms with Crippen LogP contribution in [0.1, 0.15) is 88.5 Å². The summed E-state index contributed by atoms with van der Waals surface area (Å²) in [7, 11) is 3.45. The molecule has 0 aromatic heterocycles. The highest BCUT2D eigenvalue weighted by Crippen LogP contribution is 2.48. The summed E-state index contributed by atoms with van der Waals surface area (Å²) < 4.78 is -0.582. The molecule has 0 saturated carbocycles. The van der Waals surface area contributed by atoms with E-state index in [0.29, 0.717) is 6.42 Å². The van der Waals surface area contributed by atoms with E-state index >= 15 is 0 Å². The molecule has 0 aromatic carbocycles. The minimum Gasteiger partial charge on any atom is -0.306 e. The molecule has 0 aromatic rings. The highest BCUT2D eigenvalue weighted by Gasteiger charge is 2.44. The van der Waals surface area contributed by atoms with E-state index in [0.717, 1.165) is 19.4 Å². The van der Waals surface area contributed by atoms with Gasteiger partial charge in [0.15, 0.2) is 11.6 Å². The van der Waals surface area contributed by atoms with E-state index in [9.17, 15) is 9.59 Å². The van der Waals surface area contributed by atoms with Gasteiger partial charge in [-0.25, -0.2) is 0 Å². The molecule has 0 aliphatic carbocycles. The summed E-state index contributed by atoms with van der Waals surface area (Å²) in [6, 6.07) is -0.435. The van der Waals surface area contributed by atoms with Crippen molar-refractivity contribution >= 4 is 33.2 Å². The van der Waals surface area contributed by atoms with Crippen molar-refractivity contribution in [3.05, 3.63) is 0 Å². The van der Waals surface area contributed by atoms with Gasteiger partial charge >= 0.3 is 0 Å². The zero-order chi connectivity index (χ0) is 22.0. The highest BCUT2D eigenvalue weighted by atomic mass is 33.1. The fourth-order valence-corrected chi connectivity index (χ4v) is 6.16. The van der Waals surface area contributed by atoms with Crippen molar-refractivity contribution in [3.63, 3.8) is 0 Å². The predicted octanol–water partition coefficient (Wildman–Crippen LogP) is 5.01. The second kappa shape index (κ2) is 9.40. The summed E-state index contributed by atoms with van der Waals surface area (Å²) >= 11 is 0. The summed E-state index contributed by atoms with van der Waals surface area (Å²) in [5, 5.41) is 7.08. The first-order chi connectivity index (χ1) is 12.5. The van der Waals surface area contributed by atoms with Crippen molar-refractivity contribution in [2.24, 2.45) is 5.41 Å². The Morgan fingerprint density at radius 2 is 1.54 bits per heavy atom. The number of nitrogens with one attached hydrogen (secondary N) is 2. The van der Waals surface area contributed by atoms with Crippen LogP contribution < -0.4 is 10.6 Å². The SMILES string of the molecule is CC(C)(C)N[C@@H]1C(=O)CCCCNC(C(=O)C(C)(C)C)C(C)(C)SSC1(C)C. The van der Waals surface area contributed by atoms with Crippen LogP contribution in [0.15, 0.2) is 0 Å². The zero-order valence-electron chi connectivity index (χ0n) is 19.6. The number of rotatable bonds is 2. The van der Waals surface area contributed by atoms with Crippen molar-refractivity contribution < 1.29 is 9.59 Å². The summed E-state index contributed by atoms with van der Waals surface area (Å²) in [4.78, 5) is 26.2. The standard InChI is InChI=1S/C22H42N2O2S2/c1-19(2,3)18(26)17-22(9,10)28-27-21(7,8)16(24-20(4,5)6)15(25)13-11-12-14-23-17/h16-17,23-24H,11-14H2,1-10H3/t16-,17?/m1/s1. The molecule has 0 amide bonds. The molecule has 1 aliphatic heterocycles. The molecule has 1 heterocycles. The van der Waals surface area contributed by atoms with Crippen molar-refractivity contribution in [3.8, 4) is 0 Å². The number of carbonyl (C=O) groups is 2. The molecular formula is C22H42N2O2S2. The summed E-state index contributed by atoms with van der Waals surface area (Å²) in [5.74, 6) is 0.537. The quantitative estimate of drug-likeness (QED) is 0.601. The number of ketones is 2.